The molecule has 0 fully saturated rings. The number of allylic oxidation sites excluding steroid dienone is 6. The van der Waals surface area contributed by atoms with Crippen molar-refractivity contribution >= 4 is 29.2 Å². The second kappa shape index (κ2) is 10.6. The Kier molecular flexibility index (Phi) is 7.87. The zero-order chi connectivity index (χ0) is 20.5. The smallest absolute Gasteiger partial charge is 0.124 e. The highest BCUT2D eigenvalue weighted by Crippen LogP contribution is 2.16. The molecule has 2 aromatic carbocycles. The van der Waals surface area contributed by atoms with Crippen LogP contribution in [0.1, 0.15) is 5.56 Å². The Morgan fingerprint density at radius 2 is 1.48 bits per heavy atom. The molecule has 2 aromatic rings. The van der Waals surface area contributed by atoms with Crippen molar-refractivity contribution in [3.05, 3.63) is 107 Å². The predicted octanol–water partition coefficient (Wildman–Crippen LogP) is 6.11. The average molecular weight is 467 g/mol. The molecule has 1 aliphatic rings. The lowest BCUT2D eigenvalue weighted by atomic mass is 10.2. The van der Waals surface area contributed by atoms with E-state index in [1.54, 1.807) is 0 Å². The van der Waals surface area contributed by atoms with Crippen LogP contribution in [-0.2, 0) is 11.3 Å². The van der Waals surface area contributed by atoms with Crippen molar-refractivity contribution in [1.29, 1.82) is 0 Å². The second-order valence-electron chi connectivity index (χ2n) is 7.69. The van der Waals surface area contributed by atoms with Gasteiger partial charge in [0.05, 0.1) is 19.4 Å². The minimum Gasteiger partial charge on any atom is -0.497 e. The predicted molar refractivity (Wildman–Crippen MR) is 128 cm³/mol. The molecule has 0 unspecified atom stereocenters. The van der Waals surface area contributed by atoms with Gasteiger partial charge in [0, 0.05) is 4.47 Å². The van der Waals surface area contributed by atoms with Crippen LogP contribution in [0.2, 0.25) is 13.1 Å². The van der Waals surface area contributed by atoms with Gasteiger partial charge in [0.2, 0.25) is 0 Å². The summed E-state index contributed by atoms with van der Waals surface area (Å²) in [6, 6.07) is 16.8. The van der Waals surface area contributed by atoms with Gasteiger partial charge in [0.25, 0.3) is 0 Å². The maximum Gasteiger partial charge on any atom is 0.124 e. The van der Waals surface area contributed by atoms with E-state index < -0.39 is 8.07 Å². The van der Waals surface area contributed by atoms with Crippen LogP contribution in [0, 0.1) is 0 Å². The lowest BCUT2D eigenvalue weighted by molar-refractivity contribution is 0.144. The summed E-state index contributed by atoms with van der Waals surface area (Å²) in [5.74, 6) is 0.911. The maximum absolute atomic E-state index is 6.11. The average Bonchev–Trinajstić information content (AvgIpc) is 2.69. The van der Waals surface area contributed by atoms with Gasteiger partial charge in [-0.2, -0.15) is 0 Å². The van der Waals surface area contributed by atoms with Gasteiger partial charge < -0.3 is 9.47 Å². The van der Waals surface area contributed by atoms with E-state index in [0.717, 1.165) is 27.6 Å². The SMILES string of the molecule is C[Si](C)(COc1ccc(COCC2=C/C=C\C=C/C=C\2)cc1)c1ccc(Br)cc1. The Morgan fingerprint density at radius 3 is 2.24 bits per heavy atom. The number of halogens is 1. The van der Waals surface area contributed by atoms with E-state index in [1.807, 2.05) is 42.5 Å². The lowest BCUT2D eigenvalue weighted by Crippen LogP contribution is -2.47. The fraction of sp³-hybridized carbons (Fsp3) is 0.200. The van der Waals surface area contributed by atoms with Crippen LogP contribution in [0.5, 0.6) is 5.75 Å². The Labute approximate surface area is 183 Å². The molecule has 29 heavy (non-hydrogen) atoms. The van der Waals surface area contributed by atoms with Crippen molar-refractivity contribution in [3.8, 4) is 5.75 Å². The van der Waals surface area contributed by atoms with Crippen molar-refractivity contribution in [2.45, 2.75) is 19.7 Å². The van der Waals surface area contributed by atoms with E-state index in [0.29, 0.717) is 13.2 Å². The van der Waals surface area contributed by atoms with Crippen LogP contribution < -0.4 is 9.92 Å². The third-order valence-electron chi connectivity index (χ3n) is 4.75. The molecule has 0 saturated carbocycles. The molecule has 0 saturated heterocycles. The van der Waals surface area contributed by atoms with Crippen molar-refractivity contribution in [2.24, 2.45) is 0 Å². The number of rotatable bonds is 8. The molecule has 0 radical (unpaired) electrons. The number of hydrogen-bond donors (Lipinski definition) is 0. The van der Waals surface area contributed by atoms with Gasteiger partial charge >= 0.3 is 0 Å². The standard InChI is InChI=1S/C25H27BrO2Si/c1-29(2,25-16-12-23(26)13-17-25)20-28-24-14-10-22(11-15-24)19-27-18-21-8-6-4-3-5-7-9-21/h3-17H,18-20H2,1-2H3/b4-3-,5-3?,6-4?,7-5-,8-6-,9-7?,21-8?,21-9+. The number of benzene rings is 2. The van der Waals surface area contributed by atoms with Crippen molar-refractivity contribution in [1.82, 2.24) is 0 Å². The maximum atomic E-state index is 6.11. The number of ether oxygens (including phenoxy) is 2. The molecular weight excluding hydrogens is 440 g/mol. The Hall–Kier alpha value is -2.14. The monoisotopic (exact) mass is 466 g/mol. The zero-order valence-corrected chi connectivity index (χ0v) is 19.6. The molecule has 0 N–H and O–H groups in total. The van der Waals surface area contributed by atoms with Crippen LogP contribution in [-0.4, -0.2) is 20.9 Å². The lowest BCUT2D eigenvalue weighted by Gasteiger charge is -2.23. The van der Waals surface area contributed by atoms with Crippen molar-refractivity contribution in [3.63, 3.8) is 0 Å². The molecule has 150 valence electrons. The Morgan fingerprint density at radius 1 is 0.793 bits per heavy atom. The molecule has 3 rings (SSSR count). The molecule has 0 aromatic heterocycles. The summed E-state index contributed by atoms with van der Waals surface area (Å²) in [4.78, 5) is 0. The van der Waals surface area contributed by atoms with Gasteiger partial charge in [-0.1, -0.05) is 101 Å². The molecule has 1 aliphatic carbocycles. The van der Waals surface area contributed by atoms with E-state index in [-0.39, 0.29) is 0 Å². The summed E-state index contributed by atoms with van der Waals surface area (Å²) < 4.78 is 13.1. The Bertz CT molecular complexity index is 907. The molecular formula is C25H27BrO2Si. The second-order valence-corrected chi connectivity index (χ2v) is 13.2. The van der Waals surface area contributed by atoms with E-state index in [4.69, 9.17) is 9.47 Å². The molecule has 0 bridgehead atoms. The largest absolute Gasteiger partial charge is 0.497 e. The third-order valence-corrected chi connectivity index (χ3v) is 8.04. The first-order chi connectivity index (χ1) is 14.0. The zero-order valence-electron chi connectivity index (χ0n) is 17.0. The highest BCUT2D eigenvalue weighted by atomic mass is 79.9. The molecule has 0 heterocycles. The summed E-state index contributed by atoms with van der Waals surface area (Å²) in [6.45, 7) is 5.86. The summed E-state index contributed by atoms with van der Waals surface area (Å²) in [5.41, 5.74) is 2.30. The van der Waals surface area contributed by atoms with Crippen LogP contribution in [0.4, 0.5) is 0 Å². The molecule has 0 aliphatic heterocycles. The van der Waals surface area contributed by atoms with E-state index >= 15 is 0 Å². The minimum atomic E-state index is -1.64. The molecule has 0 amide bonds. The van der Waals surface area contributed by atoms with E-state index in [9.17, 15) is 0 Å². The highest BCUT2D eigenvalue weighted by molar-refractivity contribution is 9.10. The quantitative estimate of drug-likeness (QED) is 0.437. The van der Waals surface area contributed by atoms with Gasteiger partial charge in [-0.3, -0.25) is 0 Å². The first-order valence-corrected chi connectivity index (χ1v) is 13.8. The molecule has 0 atom stereocenters. The minimum absolute atomic E-state index is 0.587. The summed E-state index contributed by atoms with van der Waals surface area (Å²) in [7, 11) is -1.64. The fourth-order valence-corrected chi connectivity index (χ4v) is 4.95. The fourth-order valence-electron chi connectivity index (χ4n) is 2.92. The first kappa shape index (κ1) is 21.6. The topological polar surface area (TPSA) is 18.5 Å². The van der Waals surface area contributed by atoms with Crippen LogP contribution in [0.3, 0.4) is 0 Å². The van der Waals surface area contributed by atoms with Gasteiger partial charge in [0.15, 0.2) is 0 Å². The van der Waals surface area contributed by atoms with E-state index in [2.05, 4.69) is 77.6 Å². The van der Waals surface area contributed by atoms with Gasteiger partial charge in [-0.05, 0) is 35.4 Å². The first-order valence-electron chi connectivity index (χ1n) is 9.79. The molecule has 0 spiro atoms. The summed E-state index contributed by atoms with van der Waals surface area (Å²) in [5, 5.41) is 1.40. The normalized spacial score (nSPS) is 18.8. The summed E-state index contributed by atoms with van der Waals surface area (Å²) >= 11 is 3.50. The van der Waals surface area contributed by atoms with Crippen LogP contribution in [0.25, 0.3) is 0 Å². The van der Waals surface area contributed by atoms with Gasteiger partial charge in [-0.25, -0.2) is 0 Å². The van der Waals surface area contributed by atoms with E-state index in [1.165, 1.54) is 5.19 Å². The van der Waals surface area contributed by atoms with Crippen molar-refractivity contribution in [2.75, 3.05) is 12.8 Å². The Balaban J connectivity index is 1.48. The van der Waals surface area contributed by atoms with Crippen LogP contribution in [0.15, 0.2) is 101 Å². The van der Waals surface area contributed by atoms with Gasteiger partial charge in [-0.15, -0.1) is 0 Å². The number of hydrogen-bond acceptors (Lipinski definition) is 2. The summed E-state index contributed by atoms with van der Waals surface area (Å²) in [6.07, 6.45) is 15.0. The van der Waals surface area contributed by atoms with Gasteiger partial charge in [0.1, 0.15) is 13.8 Å². The molecule has 4 heteroatoms. The molecule has 2 nitrogen and oxygen atoms in total. The highest BCUT2D eigenvalue weighted by Gasteiger charge is 2.24. The van der Waals surface area contributed by atoms with Crippen LogP contribution >= 0.6 is 15.9 Å². The van der Waals surface area contributed by atoms with Crippen molar-refractivity contribution < 1.29 is 9.47 Å². The third kappa shape index (κ3) is 7.00.